The summed E-state index contributed by atoms with van der Waals surface area (Å²) in [4.78, 5) is 37.4. The zero-order valence-corrected chi connectivity index (χ0v) is 15.9. The lowest BCUT2D eigenvalue weighted by Crippen LogP contribution is -2.56. The molecule has 0 amide bonds. The molecule has 5 rings (SSSR count). The second-order valence-electron chi connectivity index (χ2n) is 8.71. The number of esters is 2. The van der Waals surface area contributed by atoms with Crippen LogP contribution in [0.25, 0.3) is 0 Å². The molecule has 2 fully saturated rings. The first-order valence-electron chi connectivity index (χ1n) is 9.63. The summed E-state index contributed by atoms with van der Waals surface area (Å²) >= 11 is 0. The van der Waals surface area contributed by atoms with E-state index in [4.69, 9.17) is 13.9 Å². The van der Waals surface area contributed by atoms with Crippen molar-refractivity contribution in [3.63, 3.8) is 0 Å². The first kappa shape index (κ1) is 17.5. The normalized spacial score (nSPS) is 38.6. The van der Waals surface area contributed by atoms with Crippen LogP contribution < -0.4 is 0 Å². The van der Waals surface area contributed by atoms with Crippen LogP contribution in [0.1, 0.15) is 55.1 Å². The lowest BCUT2D eigenvalue weighted by atomic mass is 9.45. The largest absolute Gasteiger partial charge is 0.468 e. The van der Waals surface area contributed by atoms with Crippen LogP contribution in [-0.4, -0.2) is 30.4 Å². The number of furan rings is 1. The van der Waals surface area contributed by atoms with Crippen molar-refractivity contribution < 1.29 is 28.3 Å². The molecule has 1 aromatic rings. The molecule has 0 aromatic carbocycles. The maximum atomic E-state index is 13.1. The molecule has 1 aliphatic heterocycles. The Balaban J connectivity index is 1.75. The number of hydrogen-bond donors (Lipinski definition) is 0. The quantitative estimate of drug-likeness (QED) is 0.547. The van der Waals surface area contributed by atoms with Crippen LogP contribution in [0.4, 0.5) is 0 Å². The first-order valence-corrected chi connectivity index (χ1v) is 9.63. The first-order chi connectivity index (χ1) is 13.3. The summed E-state index contributed by atoms with van der Waals surface area (Å²) in [6, 6.07) is 1.73. The van der Waals surface area contributed by atoms with E-state index >= 15 is 0 Å². The summed E-state index contributed by atoms with van der Waals surface area (Å²) in [5, 5.41) is 0. The third kappa shape index (κ3) is 2.01. The highest BCUT2D eigenvalue weighted by molar-refractivity contribution is 5.99. The summed E-state index contributed by atoms with van der Waals surface area (Å²) in [6.07, 6.45) is 4.20. The highest BCUT2D eigenvalue weighted by atomic mass is 16.5. The third-order valence-corrected chi connectivity index (χ3v) is 7.32. The van der Waals surface area contributed by atoms with E-state index in [2.05, 4.69) is 6.58 Å². The number of ether oxygens (including phenoxy) is 2. The minimum Gasteiger partial charge on any atom is -0.468 e. The van der Waals surface area contributed by atoms with Crippen LogP contribution in [0.5, 0.6) is 0 Å². The zero-order valence-electron chi connectivity index (χ0n) is 15.9. The Bertz CT molecular complexity index is 967. The lowest BCUT2D eigenvalue weighted by Gasteiger charge is -2.57. The van der Waals surface area contributed by atoms with Gasteiger partial charge in [0.1, 0.15) is 18.5 Å². The topological polar surface area (TPSA) is 82.8 Å². The minimum atomic E-state index is -0.644. The molecule has 0 unspecified atom stereocenters. The van der Waals surface area contributed by atoms with Crippen molar-refractivity contribution in [2.45, 2.75) is 45.1 Å². The summed E-state index contributed by atoms with van der Waals surface area (Å²) in [5.74, 6) is -0.194. The van der Waals surface area contributed by atoms with Crippen LogP contribution >= 0.6 is 0 Å². The van der Waals surface area contributed by atoms with Gasteiger partial charge in [-0.05, 0) is 24.0 Å². The van der Waals surface area contributed by atoms with Gasteiger partial charge in [0.2, 0.25) is 0 Å². The Morgan fingerprint density at radius 3 is 2.89 bits per heavy atom. The van der Waals surface area contributed by atoms with Gasteiger partial charge in [-0.2, -0.15) is 0 Å². The van der Waals surface area contributed by atoms with Gasteiger partial charge in [-0.25, -0.2) is 4.79 Å². The van der Waals surface area contributed by atoms with Crippen molar-refractivity contribution in [2.75, 3.05) is 6.61 Å². The van der Waals surface area contributed by atoms with E-state index < -0.39 is 22.9 Å². The molecule has 146 valence electrons. The monoisotopic (exact) mass is 382 g/mol. The van der Waals surface area contributed by atoms with Gasteiger partial charge in [0.25, 0.3) is 0 Å². The molecule has 5 atom stereocenters. The van der Waals surface area contributed by atoms with Crippen molar-refractivity contribution in [1.29, 1.82) is 0 Å². The molecule has 3 aliphatic carbocycles. The molecule has 6 heteroatoms. The van der Waals surface area contributed by atoms with Crippen LogP contribution in [0.15, 0.2) is 40.5 Å². The van der Waals surface area contributed by atoms with E-state index in [0.29, 0.717) is 29.7 Å². The Kier molecular flexibility index (Phi) is 3.41. The number of carbonyl (C=O) groups excluding carboxylic acids is 3. The van der Waals surface area contributed by atoms with E-state index in [9.17, 15) is 14.4 Å². The van der Waals surface area contributed by atoms with Gasteiger partial charge in [-0.15, -0.1) is 0 Å². The van der Waals surface area contributed by atoms with E-state index in [-0.39, 0.29) is 36.6 Å². The molecule has 0 radical (unpaired) electrons. The van der Waals surface area contributed by atoms with Crippen LogP contribution in [0.2, 0.25) is 0 Å². The average Bonchev–Trinajstić information content (AvgIpc) is 3.21. The van der Waals surface area contributed by atoms with Gasteiger partial charge in [0.05, 0.1) is 11.8 Å². The van der Waals surface area contributed by atoms with Gasteiger partial charge in [0.15, 0.2) is 5.78 Å². The minimum absolute atomic E-state index is 0.00721. The second-order valence-corrected chi connectivity index (χ2v) is 8.71. The van der Waals surface area contributed by atoms with E-state index in [1.54, 1.807) is 12.3 Å². The Labute approximate surface area is 162 Å². The molecular weight excluding hydrogens is 360 g/mol. The number of fused-ring (bicyclic) bond motifs is 2. The molecule has 0 bridgehead atoms. The number of ketones is 1. The van der Waals surface area contributed by atoms with Crippen molar-refractivity contribution in [3.8, 4) is 0 Å². The molecule has 6 nitrogen and oxygen atoms in total. The Morgan fingerprint density at radius 2 is 2.14 bits per heavy atom. The standard InChI is InChI=1S/C22H22O6/c1-11-17(28-12(2)23)9-22-10-27-20(25)15(22)5-4-14-18-13(6-7-26-18)16(24)8-21(11,3)19(14)22/h5-7,14,17,19H,1,4,8-10H2,2-3H3/t14-,17+,19+,21-,22+/m0/s1. The highest BCUT2D eigenvalue weighted by Gasteiger charge is 2.67. The Hall–Kier alpha value is -2.63. The molecule has 28 heavy (non-hydrogen) atoms. The fourth-order valence-electron chi connectivity index (χ4n) is 6.30. The number of hydrogen-bond acceptors (Lipinski definition) is 6. The molecule has 1 spiro atoms. The molecular formula is C22H22O6. The van der Waals surface area contributed by atoms with Crippen LogP contribution in [-0.2, 0) is 19.1 Å². The van der Waals surface area contributed by atoms with Crippen molar-refractivity contribution in [3.05, 3.63) is 47.5 Å². The molecule has 4 aliphatic rings. The molecule has 1 aromatic heterocycles. The predicted octanol–water partition coefficient (Wildman–Crippen LogP) is 3.34. The zero-order chi connectivity index (χ0) is 19.8. The number of cyclic esters (lactones) is 1. The molecule has 0 N–H and O–H groups in total. The fraction of sp³-hybridized carbons (Fsp3) is 0.500. The number of rotatable bonds is 1. The number of Topliss-reactive ketones (excluding diaryl/α,β-unsaturated/α-hetero) is 1. The smallest absolute Gasteiger partial charge is 0.334 e. The van der Waals surface area contributed by atoms with Crippen molar-refractivity contribution in [1.82, 2.24) is 0 Å². The predicted molar refractivity (Wildman–Crippen MR) is 97.4 cm³/mol. The van der Waals surface area contributed by atoms with Gasteiger partial charge in [0, 0.05) is 42.1 Å². The SMILES string of the molecule is C=C1[C@H](OC(C)=O)C[C@@]23COC(=O)C2=CC[C@H]2c4occc4C(=O)C[C@]1(C)[C@@H]23. The summed E-state index contributed by atoms with van der Waals surface area (Å²) in [5.41, 5.74) is 0.726. The summed E-state index contributed by atoms with van der Waals surface area (Å²) < 4.78 is 16.9. The molecule has 1 saturated carbocycles. The Morgan fingerprint density at radius 1 is 1.36 bits per heavy atom. The van der Waals surface area contributed by atoms with Crippen molar-refractivity contribution in [2.24, 2.45) is 16.7 Å². The van der Waals surface area contributed by atoms with Gasteiger partial charge in [-0.1, -0.05) is 19.6 Å². The van der Waals surface area contributed by atoms with Gasteiger partial charge in [-0.3, -0.25) is 9.59 Å². The van der Waals surface area contributed by atoms with Crippen LogP contribution in [0.3, 0.4) is 0 Å². The third-order valence-electron chi connectivity index (χ3n) is 7.32. The van der Waals surface area contributed by atoms with E-state index in [0.717, 1.165) is 5.57 Å². The van der Waals surface area contributed by atoms with Gasteiger partial charge < -0.3 is 13.9 Å². The van der Waals surface area contributed by atoms with E-state index in [1.807, 2.05) is 13.0 Å². The number of carbonyl (C=O) groups is 3. The van der Waals surface area contributed by atoms with Crippen molar-refractivity contribution >= 4 is 17.7 Å². The molecule has 1 saturated heterocycles. The fourth-order valence-corrected chi connectivity index (χ4v) is 6.30. The van der Waals surface area contributed by atoms with Crippen LogP contribution in [0, 0.1) is 16.7 Å². The summed E-state index contributed by atoms with van der Waals surface area (Å²) in [7, 11) is 0. The molecule has 2 heterocycles. The lowest BCUT2D eigenvalue weighted by molar-refractivity contribution is -0.151. The maximum Gasteiger partial charge on any atom is 0.334 e. The maximum absolute atomic E-state index is 13.1. The second kappa shape index (κ2) is 5.46. The van der Waals surface area contributed by atoms with Gasteiger partial charge >= 0.3 is 11.9 Å². The highest BCUT2D eigenvalue weighted by Crippen LogP contribution is 2.68. The number of allylic oxidation sites excluding steroid dienone is 1. The summed E-state index contributed by atoms with van der Waals surface area (Å²) in [6.45, 7) is 7.88. The van der Waals surface area contributed by atoms with E-state index in [1.165, 1.54) is 6.92 Å². The average molecular weight is 382 g/mol.